The molecule has 0 aromatic heterocycles. The molecule has 20 heavy (non-hydrogen) atoms. The first kappa shape index (κ1) is 17.2. The zero-order chi connectivity index (χ0) is 14.5. The summed E-state index contributed by atoms with van der Waals surface area (Å²) in [5.74, 6) is 0. The van der Waals surface area contributed by atoms with Crippen molar-refractivity contribution >= 4 is 0 Å². The van der Waals surface area contributed by atoms with Crippen LogP contribution in [0.3, 0.4) is 0 Å². The number of ether oxygens (including phenoxy) is 2. The van der Waals surface area contributed by atoms with Gasteiger partial charge in [-0.15, -0.1) is 0 Å². The van der Waals surface area contributed by atoms with E-state index in [0.717, 1.165) is 19.6 Å². The molecule has 0 aliphatic heterocycles. The average molecular weight is 279 g/mol. The number of methoxy groups -OCH3 is 1. The van der Waals surface area contributed by atoms with E-state index in [0.29, 0.717) is 19.3 Å². The van der Waals surface area contributed by atoms with E-state index in [2.05, 4.69) is 42.6 Å². The molecule has 0 bridgehead atoms. The van der Waals surface area contributed by atoms with Gasteiger partial charge in [-0.25, -0.2) is 0 Å². The van der Waals surface area contributed by atoms with Crippen molar-refractivity contribution in [3.05, 3.63) is 35.9 Å². The van der Waals surface area contributed by atoms with Crippen molar-refractivity contribution in [3.63, 3.8) is 0 Å². The van der Waals surface area contributed by atoms with E-state index in [1.165, 1.54) is 24.8 Å². The number of hydrogen-bond acceptors (Lipinski definition) is 3. The molecular weight excluding hydrogens is 250 g/mol. The van der Waals surface area contributed by atoms with E-state index in [9.17, 15) is 0 Å². The largest absolute Gasteiger partial charge is 0.382 e. The number of nitrogens with one attached hydrogen (secondary N) is 1. The maximum atomic E-state index is 5.48. The van der Waals surface area contributed by atoms with Crippen molar-refractivity contribution in [2.75, 3.05) is 33.5 Å². The second kappa shape index (κ2) is 11.9. The third-order valence-electron chi connectivity index (χ3n) is 3.34. The highest BCUT2D eigenvalue weighted by atomic mass is 16.5. The summed E-state index contributed by atoms with van der Waals surface area (Å²) in [5.41, 5.74) is 1.39. The first-order valence-electron chi connectivity index (χ1n) is 7.73. The molecule has 1 N–H and O–H groups in total. The minimum atomic E-state index is 0.468. The molecule has 0 radical (unpaired) electrons. The van der Waals surface area contributed by atoms with Crippen LogP contribution in [0.25, 0.3) is 0 Å². The Morgan fingerprint density at radius 2 is 1.85 bits per heavy atom. The SMILES string of the molecule is CCCCC(NCCCOCCOC)c1ccccc1. The van der Waals surface area contributed by atoms with Crippen LogP contribution in [0.15, 0.2) is 30.3 Å². The van der Waals surface area contributed by atoms with Crippen molar-refractivity contribution in [2.45, 2.75) is 38.6 Å². The lowest BCUT2D eigenvalue weighted by molar-refractivity contribution is 0.0692. The van der Waals surface area contributed by atoms with Crippen LogP contribution >= 0.6 is 0 Å². The molecule has 1 aromatic carbocycles. The molecule has 0 saturated heterocycles. The molecule has 1 atom stereocenters. The number of rotatable bonds is 12. The third-order valence-corrected chi connectivity index (χ3v) is 3.34. The summed E-state index contributed by atoms with van der Waals surface area (Å²) in [7, 11) is 1.70. The molecule has 0 aliphatic carbocycles. The Bertz CT molecular complexity index is 316. The van der Waals surface area contributed by atoms with Crippen molar-refractivity contribution < 1.29 is 9.47 Å². The summed E-state index contributed by atoms with van der Waals surface area (Å²) in [5, 5.41) is 3.65. The fourth-order valence-corrected chi connectivity index (χ4v) is 2.18. The summed E-state index contributed by atoms with van der Waals surface area (Å²) in [6.07, 6.45) is 4.74. The number of benzene rings is 1. The van der Waals surface area contributed by atoms with Gasteiger partial charge in [-0.1, -0.05) is 50.1 Å². The van der Waals surface area contributed by atoms with E-state index >= 15 is 0 Å². The van der Waals surface area contributed by atoms with Crippen LogP contribution in [0.1, 0.15) is 44.2 Å². The monoisotopic (exact) mass is 279 g/mol. The first-order chi connectivity index (χ1) is 9.88. The molecule has 0 spiro atoms. The van der Waals surface area contributed by atoms with Crippen molar-refractivity contribution in [2.24, 2.45) is 0 Å². The summed E-state index contributed by atoms with van der Waals surface area (Å²) in [4.78, 5) is 0. The maximum absolute atomic E-state index is 5.48. The Hall–Kier alpha value is -0.900. The zero-order valence-corrected chi connectivity index (χ0v) is 12.9. The normalized spacial score (nSPS) is 12.5. The Kier molecular flexibility index (Phi) is 10.2. The Balaban J connectivity index is 2.24. The third kappa shape index (κ3) is 7.63. The van der Waals surface area contributed by atoms with Crippen LogP contribution in [0.4, 0.5) is 0 Å². The first-order valence-corrected chi connectivity index (χ1v) is 7.73. The molecule has 1 unspecified atom stereocenters. The van der Waals surface area contributed by atoms with Crippen LogP contribution < -0.4 is 5.32 Å². The van der Waals surface area contributed by atoms with Gasteiger partial charge in [0.2, 0.25) is 0 Å². The lowest BCUT2D eigenvalue weighted by Gasteiger charge is -2.19. The fourth-order valence-electron chi connectivity index (χ4n) is 2.18. The number of unbranched alkanes of at least 4 members (excludes halogenated alkanes) is 1. The van der Waals surface area contributed by atoms with Gasteiger partial charge in [0.05, 0.1) is 13.2 Å². The van der Waals surface area contributed by atoms with Gasteiger partial charge >= 0.3 is 0 Å². The summed E-state index contributed by atoms with van der Waals surface area (Å²) < 4.78 is 10.4. The van der Waals surface area contributed by atoms with Gasteiger partial charge in [0.25, 0.3) is 0 Å². The predicted molar refractivity (Wildman–Crippen MR) is 84.0 cm³/mol. The molecule has 0 fully saturated rings. The van der Waals surface area contributed by atoms with Crippen LogP contribution in [-0.4, -0.2) is 33.5 Å². The molecule has 0 aliphatic rings. The van der Waals surface area contributed by atoms with Gasteiger partial charge in [-0.05, 0) is 24.9 Å². The Labute approximate surface area is 123 Å². The van der Waals surface area contributed by atoms with Crippen molar-refractivity contribution in [1.82, 2.24) is 5.32 Å². The fraction of sp³-hybridized carbons (Fsp3) is 0.647. The predicted octanol–water partition coefficient (Wildman–Crippen LogP) is 3.56. The van der Waals surface area contributed by atoms with Crippen LogP contribution in [-0.2, 0) is 9.47 Å². The minimum absolute atomic E-state index is 0.468. The topological polar surface area (TPSA) is 30.5 Å². The van der Waals surface area contributed by atoms with E-state index in [1.807, 2.05) is 0 Å². The lowest BCUT2D eigenvalue weighted by Crippen LogP contribution is -2.23. The quantitative estimate of drug-likeness (QED) is 0.593. The van der Waals surface area contributed by atoms with Crippen molar-refractivity contribution in [3.8, 4) is 0 Å². The minimum Gasteiger partial charge on any atom is -0.382 e. The highest BCUT2D eigenvalue weighted by Crippen LogP contribution is 2.18. The molecule has 0 heterocycles. The molecule has 1 rings (SSSR count). The van der Waals surface area contributed by atoms with Crippen LogP contribution in [0, 0.1) is 0 Å². The molecule has 0 amide bonds. The highest BCUT2D eigenvalue weighted by Gasteiger charge is 2.09. The van der Waals surface area contributed by atoms with E-state index < -0.39 is 0 Å². The summed E-state index contributed by atoms with van der Waals surface area (Å²) in [6.45, 7) is 5.40. The van der Waals surface area contributed by atoms with Crippen LogP contribution in [0.5, 0.6) is 0 Å². The lowest BCUT2D eigenvalue weighted by atomic mass is 10.0. The van der Waals surface area contributed by atoms with Gasteiger partial charge in [-0.2, -0.15) is 0 Å². The Morgan fingerprint density at radius 3 is 2.55 bits per heavy atom. The molecular formula is C17H29NO2. The van der Waals surface area contributed by atoms with Gasteiger partial charge < -0.3 is 14.8 Å². The average Bonchev–Trinajstić information content (AvgIpc) is 2.50. The molecule has 1 aromatic rings. The van der Waals surface area contributed by atoms with Crippen LogP contribution in [0.2, 0.25) is 0 Å². The smallest absolute Gasteiger partial charge is 0.0700 e. The summed E-state index contributed by atoms with van der Waals surface area (Å²) >= 11 is 0. The van der Waals surface area contributed by atoms with Crippen molar-refractivity contribution in [1.29, 1.82) is 0 Å². The zero-order valence-electron chi connectivity index (χ0n) is 12.9. The molecule has 114 valence electrons. The van der Waals surface area contributed by atoms with E-state index in [1.54, 1.807) is 7.11 Å². The molecule has 0 saturated carbocycles. The van der Waals surface area contributed by atoms with Gasteiger partial charge in [0.15, 0.2) is 0 Å². The van der Waals surface area contributed by atoms with E-state index in [4.69, 9.17) is 9.47 Å². The summed E-state index contributed by atoms with van der Waals surface area (Å²) in [6, 6.07) is 11.2. The second-order valence-electron chi connectivity index (χ2n) is 5.02. The number of hydrogen-bond donors (Lipinski definition) is 1. The molecule has 3 heteroatoms. The molecule has 3 nitrogen and oxygen atoms in total. The second-order valence-corrected chi connectivity index (χ2v) is 5.02. The maximum Gasteiger partial charge on any atom is 0.0700 e. The highest BCUT2D eigenvalue weighted by molar-refractivity contribution is 5.18. The van der Waals surface area contributed by atoms with E-state index in [-0.39, 0.29) is 0 Å². The van der Waals surface area contributed by atoms with Gasteiger partial charge in [0.1, 0.15) is 0 Å². The standard InChI is InChI=1S/C17H29NO2/c1-3-4-11-17(16-9-6-5-7-10-16)18-12-8-13-20-15-14-19-2/h5-7,9-10,17-18H,3-4,8,11-15H2,1-2H3. The van der Waals surface area contributed by atoms with Gasteiger partial charge in [-0.3, -0.25) is 0 Å². The Morgan fingerprint density at radius 1 is 1.05 bits per heavy atom. The van der Waals surface area contributed by atoms with Gasteiger partial charge in [0, 0.05) is 19.8 Å².